The topological polar surface area (TPSA) is 51.2 Å². The molecule has 0 radical (unpaired) electrons. The van der Waals surface area contributed by atoms with Crippen molar-refractivity contribution in [3.63, 3.8) is 0 Å². The Morgan fingerprint density at radius 1 is 1.83 bits per heavy atom. The molecule has 0 bridgehead atoms. The van der Waals surface area contributed by atoms with E-state index in [0.29, 0.717) is 0 Å². The summed E-state index contributed by atoms with van der Waals surface area (Å²) in [6, 6.07) is 1.89. The number of nitrogens with two attached hydrogens (primary N) is 1. The van der Waals surface area contributed by atoms with Crippen LogP contribution in [0.1, 0.15) is 24.3 Å². The lowest BCUT2D eigenvalue weighted by atomic mass is 10.1. The largest absolute Gasteiger partial charge is 0.469 e. The molecule has 0 aromatic carbocycles. The molecule has 0 saturated carbocycles. The number of hydrogen-bond donors (Lipinski definition) is 2. The van der Waals surface area contributed by atoms with E-state index in [2.05, 4.69) is 12.0 Å². The molecule has 1 heterocycles. The van der Waals surface area contributed by atoms with Crippen molar-refractivity contribution in [3.05, 3.63) is 36.3 Å². The summed E-state index contributed by atoms with van der Waals surface area (Å²) in [6.07, 6.45) is 4.29. The molecule has 0 amide bonds. The molecule has 0 fully saturated rings. The highest BCUT2D eigenvalue weighted by molar-refractivity contribution is 5.24. The molecule has 1 unspecified atom stereocenters. The molecule has 0 aliphatic heterocycles. The minimum atomic E-state index is -0.0151. The second-order valence-electron chi connectivity index (χ2n) is 2.53. The maximum Gasteiger partial charge on any atom is 0.108 e. The van der Waals surface area contributed by atoms with Gasteiger partial charge in [-0.2, -0.15) is 0 Å². The van der Waals surface area contributed by atoms with Crippen LogP contribution in [0.4, 0.5) is 0 Å². The van der Waals surface area contributed by atoms with Gasteiger partial charge in [0.25, 0.3) is 0 Å². The average Bonchev–Trinajstić information content (AvgIpc) is 2.55. The van der Waals surface area contributed by atoms with E-state index in [4.69, 9.17) is 10.3 Å². The van der Waals surface area contributed by atoms with Crippen molar-refractivity contribution < 1.29 is 4.42 Å². The SMILES string of the molecule is C=CC(NN)c1ccoc1CC. The van der Waals surface area contributed by atoms with Gasteiger partial charge in [0.2, 0.25) is 0 Å². The first kappa shape index (κ1) is 9.03. The number of furan rings is 1. The quantitative estimate of drug-likeness (QED) is 0.405. The van der Waals surface area contributed by atoms with Gasteiger partial charge in [-0.3, -0.25) is 5.84 Å². The summed E-state index contributed by atoms with van der Waals surface area (Å²) >= 11 is 0. The lowest BCUT2D eigenvalue weighted by Crippen LogP contribution is -2.26. The molecule has 1 atom stereocenters. The molecule has 1 rings (SSSR count). The van der Waals surface area contributed by atoms with E-state index in [1.807, 2.05) is 13.0 Å². The summed E-state index contributed by atoms with van der Waals surface area (Å²) in [5.41, 5.74) is 3.72. The van der Waals surface area contributed by atoms with Gasteiger partial charge in [0.1, 0.15) is 5.76 Å². The minimum Gasteiger partial charge on any atom is -0.469 e. The van der Waals surface area contributed by atoms with Gasteiger partial charge < -0.3 is 4.42 Å². The zero-order valence-electron chi connectivity index (χ0n) is 7.21. The van der Waals surface area contributed by atoms with Crippen LogP contribution in [0.25, 0.3) is 0 Å². The Labute approximate surface area is 72.2 Å². The third-order valence-electron chi connectivity index (χ3n) is 1.85. The lowest BCUT2D eigenvalue weighted by molar-refractivity contribution is 0.503. The number of nitrogens with one attached hydrogen (secondary N) is 1. The minimum absolute atomic E-state index is 0.0151. The molecule has 66 valence electrons. The third-order valence-corrected chi connectivity index (χ3v) is 1.85. The first-order chi connectivity index (χ1) is 5.83. The van der Waals surface area contributed by atoms with Gasteiger partial charge in [0.15, 0.2) is 0 Å². The molecule has 0 saturated heterocycles. The van der Waals surface area contributed by atoms with Gasteiger partial charge in [-0.1, -0.05) is 13.0 Å². The number of aryl methyl sites for hydroxylation is 1. The van der Waals surface area contributed by atoms with Gasteiger partial charge in [0, 0.05) is 12.0 Å². The second-order valence-corrected chi connectivity index (χ2v) is 2.53. The molecular formula is C9H14N2O. The molecule has 0 aliphatic rings. The summed E-state index contributed by atoms with van der Waals surface area (Å²) < 4.78 is 5.26. The Morgan fingerprint density at radius 2 is 2.58 bits per heavy atom. The van der Waals surface area contributed by atoms with Crippen LogP contribution >= 0.6 is 0 Å². The fourth-order valence-corrected chi connectivity index (χ4v) is 1.20. The van der Waals surface area contributed by atoms with Crippen molar-refractivity contribution in [3.8, 4) is 0 Å². The van der Waals surface area contributed by atoms with Crippen molar-refractivity contribution in [2.75, 3.05) is 0 Å². The molecule has 3 nitrogen and oxygen atoms in total. The first-order valence-corrected chi connectivity index (χ1v) is 3.98. The van der Waals surface area contributed by atoms with Crippen molar-refractivity contribution in [1.29, 1.82) is 0 Å². The molecule has 12 heavy (non-hydrogen) atoms. The van der Waals surface area contributed by atoms with Crippen LogP contribution in [0, 0.1) is 0 Å². The summed E-state index contributed by atoms with van der Waals surface area (Å²) in [7, 11) is 0. The third kappa shape index (κ3) is 1.57. The maximum atomic E-state index is 5.34. The molecule has 3 N–H and O–H groups in total. The van der Waals surface area contributed by atoms with Gasteiger partial charge >= 0.3 is 0 Å². The Balaban J connectivity index is 2.90. The van der Waals surface area contributed by atoms with Crippen LogP contribution in [0.15, 0.2) is 29.4 Å². The zero-order valence-corrected chi connectivity index (χ0v) is 7.21. The van der Waals surface area contributed by atoms with E-state index >= 15 is 0 Å². The molecule has 1 aromatic heterocycles. The van der Waals surface area contributed by atoms with Crippen molar-refractivity contribution in [1.82, 2.24) is 5.43 Å². The van der Waals surface area contributed by atoms with Crippen LogP contribution in [0.2, 0.25) is 0 Å². The standard InChI is InChI=1S/C9H14N2O/c1-3-8(11-10)7-5-6-12-9(7)4-2/h3,5-6,8,11H,1,4,10H2,2H3. The summed E-state index contributed by atoms with van der Waals surface area (Å²) in [4.78, 5) is 0. The fraction of sp³-hybridized carbons (Fsp3) is 0.333. The first-order valence-electron chi connectivity index (χ1n) is 3.98. The van der Waals surface area contributed by atoms with Gasteiger partial charge in [0.05, 0.1) is 12.3 Å². The van der Waals surface area contributed by atoms with Gasteiger partial charge in [-0.25, -0.2) is 5.43 Å². The van der Waals surface area contributed by atoms with Gasteiger partial charge in [-0.05, 0) is 6.07 Å². The van der Waals surface area contributed by atoms with E-state index in [0.717, 1.165) is 17.7 Å². The normalized spacial score (nSPS) is 12.8. The molecular weight excluding hydrogens is 152 g/mol. The lowest BCUT2D eigenvalue weighted by Gasteiger charge is -2.09. The average molecular weight is 166 g/mol. The highest BCUT2D eigenvalue weighted by Crippen LogP contribution is 2.19. The predicted octanol–water partition coefficient (Wildman–Crippen LogP) is 1.53. The fourth-order valence-electron chi connectivity index (χ4n) is 1.20. The number of hydrazine groups is 1. The van der Waals surface area contributed by atoms with Crippen molar-refractivity contribution >= 4 is 0 Å². The van der Waals surface area contributed by atoms with Crippen molar-refractivity contribution in [2.24, 2.45) is 5.84 Å². The molecule has 3 heteroatoms. The Hall–Kier alpha value is -1.06. The summed E-state index contributed by atoms with van der Waals surface area (Å²) in [5.74, 6) is 6.29. The van der Waals surface area contributed by atoms with Crippen LogP contribution in [0.3, 0.4) is 0 Å². The Morgan fingerprint density at radius 3 is 3.08 bits per heavy atom. The van der Waals surface area contributed by atoms with Crippen LogP contribution in [-0.2, 0) is 6.42 Å². The van der Waals surface area contributed by atoms with E-state index in [9.17, 15) is 0 Å². The van der Waals surface area contributed by atoms with E-state index < -0.39 is 0 Å². The Bertz CT molecular complexity index is 255. The predicted molar refractivity (Wildman–Crippen MR) is 48.3 cm³/mol. The highest BCUT2D eigenvalue weighted by Gasteiger charge is 2.11. The van der Waals surface area contributed by atoms with E-state index in [-0.39, 0.29) is 6.04 Å². The Kier molecular flexibility index (Phi) is 3.08. The van der Waals surface area contributed by atoms with Crippen LogP contribution in [0.5, 0.6) is 0 Å². The number of rotatable bonds is 4. The van der Waals surface area contributed by atoms with E-state index in [1.165, 1.54) is 0 Å². The highest BCUT2D eigenvalue weighted by atomic mass is 16.3. The second kappa shape index (κ2) is 4.09. The van der Waals surface area contributed by atoms with E-state index in [1.54, 1.807) is 12.3 Å². The summed E-state index contributed by atoms with van der Waals surface area (Å²) in [5, 5.41) is 0. The smallest absolute Gasteiger partial charge is 0.108 e. The molecule has 1 aromatic rings. The maximum absolute atomic E-state index is 5.34. The van der Waals surface area contributed by atoms with Crippen molar-refractivity contribution in [2.45, 2.75) is 19.4 Å². The van der Waals surface area contributed by atoms with Gasteiger partial charge in [-0.15, -0.1) is 6.58 Å². The van der Waals surface area contributed by atoms with Crippen LogP contribution in [-0.4, -0.2) is 0 Å². The monoisotopic (exact) mass is 166 g/mol. The number of hydrogen-bond acceptors (Lipinski definition) is 3. The molecule has 0 aliphatic carbocycles. The zero-order chi connectivity index (χ0) is 8.97. The van der Waals surface area contributed by atoms with Crippen LogP contribution < -0.4 is 11.3 Å². The molecule has 0 spiro atoms. The summed E-state index contributed by atoms with van der Waals surface area (Å²) in [6.45, 7) is 5.72.